The predicted molar refractivity (Wildman–Crippen MR) is 181 cm³/mol. The SMILES string of the molecule is CC(C)C1=C2C3CCC4C(C)(CCC5C(C)(C)C(OC(=O)CC(C)(C)C(=O)O)CCC54C)C3CCC2(NC(=O)c2cncs2)CC1=O. The van der Waals surface area contributed by atoms with E-state index < -0.39 is 22.9 Å². The number of rotatable bonds is 7. The Balaban J connectivity index is 1.27. The Morgan fingerprint density at radius 2 is 1.72 bits per heavy atom. The van der Waals surface area contributed by atoms with Crippen molar-refractivity contribution in [1.82, 2.24) is 10.3 Å². The third-order valence-electron chi connectivity index (χ3n) is 14.0. The number of carboxylic acid groups (broad SMARTS) is 1. The standard InChI is InChI=1S/C38H54N2O6S/c1-21(2)30-24(41)17-38(40-32(43)25-19-39-20-47-25)16-11-23-22(31(30)38)9-10-27-36(23,7)14-12-26-35(5,6)28(13-15-37(26,27)8)46-29(42)18-34(3,4)33(44)45/h19-23,26-28H,9-18H2,1-8H3,(H,40,43)(H,44,45). The van der Waals surface area contributed by atoms with E-state index in [4.69, 9.17) is 4.74 Å². The lowest BCUT2D eigenvalue weighted by Crippen LogP contribution is -2.64. The van der Waals surface area contributed by atoms with Gasteiger partial charge in [0, 0.05) is 11.8 Å². The minimum Gasteiger partial charge on any atom is -0.481 e. The fraction of sp³-hybridized carbons (Fsp3) is 0.763. The van der Waals surface area contributed by atoms with E-state index in [1.54, 1.807) is 25.6 Å². The third kappa shape index (κ3) is 5.32. The summed E-state index contributed by atoms with van der Waals surface area (Å²) in [7, 11) is 0. The number of esters is 1. The molecule has 1 heterocycles. The van der Waals surface area contributed by atoms with Gasteiger partial charge in [-0.25, -0.2) is 0 Å². The Bertz CT molecular complexity index is 1490. The number of nitrogens with one attached hydrogen (secondary N) is 1. The van der Waals surface area contributed by atoms with Crippen molar-refractivity contribution in [1.29, 1.82) is 0 Å². The monoisotopic (exact) mass is 666 g/mol. The number of ether oxygens (including phenoxy) is 1. The van der Waals surface area contributed by atoms with E-state index in [1.807, 2.05) is 0 Å². The van der Waals surface area contributed by atoms with E-state index in [9.17, 15) is 24.3 Å². The minimum absolute atomic E-state index is 0.0837. The van der Waals surface area contributed by atoms with Crippen molar-refractivity contribution in [3.05, 3.63) is 27.7 Å². The van der Waals surface area contributed by atoms with Crippen molar-refractivity contribution in [3.63, 3.8) is 0 Å². The molecular formula is C38H54N2O6S. The molecule has 1 amide bonds. The first-order valence-corrected chi connectivity index (χ1v) is 18.7. The lowest BCUT2D eigenvalue weighted by Gasteiger charge is -2.68. The Kier molecular flexibility index (Phi) is 8.41. The second kappa shape index (κ2) is 11.5. The number of nitrogens with zero attached hydrogens (tertiary/aromatic N) is 1. The first kappa shape index (κ1) is 34.3. The highest BCUT2D eigenvalue weighted by molar-refractivity contribution is 7.11. The van der Waals surface area contributed by atoms with Gasteiger partial charge in [-0.1, -0.05) is 41.5 Å². The van der Waals surface area contributed by atoms with Gasteiger partial charge in [0.15, 0.2) is 5.78 Å². The summed E-state index contributed by atoms with van der Waals surface area (Å²) in [5.41, 5.74) is 2.06. The molecule has 0 radical (unpaired) electrons. The van der Waals surface area contributed by atoms with Gasteiger partial charge in [0.05, 0.1) is 29.1 Å². The molecule has 2 N–H and O–H groups in total. The van der Waals surface area contributed by atoms with E-state index >= 15 is 0 Å². The molecule has 5 aliphatic rings. The molecule has 0 saturated heterocycles. The molecule has 1 aromatic rings. The van der Waals surface area contributed by atoms with E-state index in [2.05, 4.69) is 51.8 Å². The first-order chi connectivity index (χ1) is 21.9. The lowest BCUT2D eigenvalue weighted by atomic mass is 9.37. The van der Waals surface area contributed by atoms with Gasteiger partial charge in [-0.05, 0) is 117 Å². The molecule has 0 bridgehead atoms. The molecule has 47 heavy (non-hydrogen) atoms. The van der Waals surface area contributed by atoms with Crippen molar-refractivity contribution in [2.24, 2.45) is 51.2 Å². The van der Waals surface area contributed by atoms with Gasteiger partial charge in [0.25, 0.3) is 5.91 Å². The molecule has 9 heteroatoms. The molecule has 0 spiro atoms. The molecule has 8 unspecified atom stereocenters. The first-order valence-electron chi connectivity index (χ1n) is 17.8. The number of carbonyl (C=O) groups excluding carboxylic acids is 3. The van der Waals surface area contributed by atoms with Gasteiger partial charge >= 0.3 is 11.9 Å². The highest BCUT2D eigenvalue weighted by Gasteiger charge is 2.67. The number of amides is 1. The van der Waals surface area contributed by atoms with Crippen molar-refractivity contribution in [2.45, 2.75) is 131 Å². The highest BCUT2D eigenvalue weighted by Crippen LogP contribution is 2.72. The van der Waals surface area contributed by atoms with Crippen molar-refractivity contribution < 1.29 is 29.0 Å². The molecule has 4 fully saturated rings. The second-order valence-electron chi connectivity index (χ2n) is 17.7. The van der Waals surface area contributed by atoms with E-state index in [0.717, 1.165) is 56.9 Å². The summed E-state index contributed by atoms with van der Waals surface area (Å²) in [6.45, 7) is 16.9. The van der Waals surface area contributed by atoms with Crippen LogP contribution < -0.4 is 5.32 Å². The quantitative estimate of drug-likeness (QED) is 0.287. The topological polar surface area (TPSA) is 123 Å². The third-order valence-corrected chi connectivity index (χ3v) is 14.8. The molecule has 4 saturated carbocycles. The summed E-state index contributed by atoms with van der Waals surface area (Å²) < 4.78 is 6.12. The Morgan fingerprint density at radius 1 is 1.02 bits per heavy atom. The number of fused-ring (bicyclic) bond motifs is 7. The molecule has 8 atom stereocenters. The van der Waals surface area contributed by atoms with Gasteiger partial charge in [-0.3, -0.25) is 24.2 Å². The van der Waals surface area contributed by atoms with Gasteiger partial charge in [0.2, 0.25) is 0 Å². The van der Waals surface area contributed by atoms with Gasteiger partial charge in [-0.15, -0.1) is 11.3 Å². The van der Waals surface area contributed by atoms with Crippen molar-refractivity contribution in [3.8, 4) is 0 Å². The van der Waals surface area contributed by atoms with Crippen LogP contribution in [0.5, 0.6) is 0 Å². The number of ketones is 1. The van der Waals surface area contributed by atoms with Crippen LogP contribution in [-0.2, 0) is 19.1 Å². The normalized spacial score (nSPS) is 37.8. The van der Waals surface area contributed by atoms with Crippen molar-refractivity contribution >= 4 is 35.0 Å². The zero-order valence-electron chi connectivity index (χ0n) is 29.5. The Morgan fingerprint density at radius 3 is 2.36 bits per heavy atom. The lowest BCUT2D eigenvalue weighted by molar-refractivity contribution is -0.213. The summed E-state index contributed by atoms with van der Waals surface area (Å²) in [4.78, 5) is 56.6. The van der Waals surface area contributed by atoms with Gasteiger partial charge in [-0.2, -0.15) is 0 Å². The average Bonchev–Trinajstić information content (AvgIpc) is 3.60. The van der Waals surface area contributed by atoms with Crippen LogP contribution in [0.25, 0.3) is 0 Å². The number of Topliss-reactive ketones (excluding diaryl/α,β-unsaturated/α-hetero) is 1. The van der Waals surface area contributed by atoms with E-state index in [1.165, 1.54) is 16.9 Å². The number of allylic oxidation sites excluding steroid dienone is 1. The Labute approximate surface area is 283 Å². The highest BCUT2D eigenvalue weighted by atomic mass is 32.1. The number of hydrogen-bond acceptors (Lipinski definition) is 7. The summed E-state index contributed by atoms with van der Waals surface area (Å²) in [5.74, 6) is 0.376. The predicted octanol–water partition coefficient (Wildman–Crippen LogP) is 7.63. The number of aromatic nitrogens is 1. The molecular weight excluding hydrogens is 612 g/mol. The number of carboxylic acids is 1. The molecule has 258 valence electrons. The van der Waals surface area contributed by atoms with Gasteiger partial charge in [0.1, 0.15) is 11.0 Å². The number of aliphatic carboxylic acids is 1. The molecule has 1 aromatic heterocycles. The summed E-state index contributed by atoms with van der Waals surface area (Å²) in [6, 6.07) is 0. The molecule has 8 nitrogen and oxygen atoms in total. The number of carbonyl (C=O) groups is 4. The Hall–Kier alpha value is -2.55. The fourth-order valence-electron chi connectivity index (χ4n) is 11.9. The van der Waals surface area contributed by atoms with E-state index in [-0.39, 0.29) is 52.3 Å². The largest absolute Gasteiger partial charge is 0.481 e. The van der Waals surface area contributed by atoms with Crippen LogP contribution in [0.3, 0.4) is 0 Å². The molecule has 6 rings (SSSR count). The summed E-state index contributed by atoms with van der Waals surface area (Å²) >= 11 is 1.34. The van der Waals surface area contributed by atoms with Crippen LogP contribution in [0.2, 0.25) is 0 Å². The van der Waals surface area contributed by atoms with Crippen LogP contribution in [0.15, 0.2) is 22.9 Å². The maximum absolute atomic E-state index is 13.7. The smallest absolute Gasteiger partial charge is 0.309 e. The zero-order valence-corrected chi connectivity index (χ0v) is 30.4. The fourth-order valence-corrected chi connectivity index (χ4v) is 12.4. The average molecular weight is 667 g/mol. The number of hydrogen-bond donors (Lipinski definition) is 2. The maximum Gasteiger partial charge on any atom is 0.309 e. The van der Waals surface area contributed by atoms with Crippen molar-refractivity contribution in [2.75, 3.05) is 0 Å². The van der Waals surface area contributed by atoms with Crippen LogP contribution >= 0.6 is 11.3 Å². The molecule has 0 aromatic carbocycles. The van der Waals surface area contributed by atoms with E-state index in [0.29, 0.717) is 29.1 Å². The zero-order chi connectivity index (χ0) is 34.3. The summed E-state index contributed by atoms with van der Waals surface area (Å²) in [5, 5.41) is 13.0. The van der Waals surface area contributed by atoms with Gasteiger partial charge < -0.3 is 15.2 Å². The summed E-state index contributed by atoms with van der Waals surface area (Å²) in [6.07, 6.45) is 9.39. The van der Waals surface area contributed by atoms with Crippen LogP contribution in [0.1, 0.15) is 129 Å². The maximum atomic E-state index is 13.7. The van der Waals surface area contributed by atoms with Crippen LogP contribution in [0.4, 0.5) is 0 Å². The molecule has 5 aliphatic carbocycles. The molecule has 0 aliphatic heterocycles. The van der Waals surface area contributed by atoms with Crippen LogP contribution in [-0.4, -0.2) is 45.4 Å². The van der Waals surface area contributed by atoms with Crippen LogP contribution in [0, 0.1) is 51.2 Å². The minimum atomic E-state index is -1.16. The number of thiazole rings is 1. The second-order valence-corrected chi connectivity index (χ2v) is 18.6.